The summed E-state index contributed by atoms with van der Waals surface area (Å²) in [5, 5.41) is 4.86. The molecule has 0 bridgehead atoms. The van der Waals surface area contributed by atoms with Crippen LogP contribution in [0.4, 0.5) is 11.4 Å². The second-order valence-electron chi connectivity index (χ2n) is 5.78. The molecule has 2 aromatic carbocycles. The predicted octanol–water partition coefficient (Wildman–Crippen LogP) is 0.728. The number of hydrazine groups is 1. The van der Waals surface area contributed by atoms with Crippen LogP contribution in [0.25, 0.3) is 0 Å². The van der Waals surface area contributed by atoms with Crippen molar-refractivity contribution in [2.45, 2.75) is 6.92 Å². The van der Waals surface area contributed by atoms with E-state index >= 15 is 0 Å². The maximum absolute atomic E-state index is 12.2. The molecule has 10 nitrogen and oxygen atoms in total. The summed E-state index contributed by atoms with van der Waals surface area (Å²) in [6.07, 6.45) is 0. The number of benzene rings is 2. The highest BCUT2D eigenvalue weighted by molar-refractivity contribution is 6.44. The van der Waals surface area contributed by atoms with Crippen LogP contribution in [-0.2, 0) is 19.1 Å². The lowest BCUT2D eigenvalue weighted by Gasteiger charge is -2.12. The van der Waals surface area contributed by atoms with Crippen LogP contribution in [0.5, 0.6) is 5.75 Å². The first-order valence-electron chi connectivity index (χ1n) is 8.38. The molecule has 5 N–H and O–H groups in total. The number of carbonyl (C=O) groups is 4. The van der Waals surface area contributed by atoms with Gasteiger partial charge in [-0.1, -0.05) is 12.1 Å². The van der Waals surface area contributed by atoms with Crippen molar-refractivity contribution < 1.29 is 28.7 Å². The van der Waals surface area contributed by atoms with E-state index in [4.69, 9.17) is 10.6 Å². The summed E-state index contributed by atoms with van der Waals surface area (Å²) in [4.78, 5) is 47.3. The fourth-order valence-corrected chi connectivity index (χ4v) is 2.29. The number of nitrogens with two attached hydrogens (primary N) is 1. The van der Waals surface area contributed by atoms with Gasteiger partial charge in [0.15, 0.2) is 6.61 Å². The molecule has 0 atom stereocenters. The molecule has 0 aliphatic carbocycles. The Morgan fingerprint density at radius 1 is 0.966 bits per heavy atom. The number of amides is 3. The largest absolute Gasteiger partial charge is 0.484 e. The molecule has 0 fully saturated rings. The minimum atomic E-state index is -0.958. The highest BCUT2D eigenvalue weighted by Gasteiger charge is 2.19. The van der Waals surface area contributed by atoms with E-state index in [0.29, 0.717) is 17.0 Å². The monoisotopic (exact) mass is 400 g/mol. The van der Waals surface area contributed by atoms with Crippen molar-refractivity contribution in [2.24, 2.45) is 5.84 Å². The van der Waals surface area contributed by atoms with Gasteiger partial charge < -0.3 is 20.1 Å². The Labute approximate surface area is 166 Å². The molecular weight excluding hydrogens is 380 g/mol. The number of aryl methyl sites for hydroxylation is 1. The van der Waals surface area contributed by atoms with Gasteiger partial charge in [-0.3, -0.25) is 19.8 Å². The van der Waals surface area contributed by atoms with Gasteiger partial charge in [0.1, 0.15) is 5.75 Å². The summed E-state index contributed by atoms with van der Waals surface area (Å²) in [6, 6.07) is 10.8. The second-order valence-corrected chi connectivity index (χ2v) is 5.78. The molecule has 0 aliphatic heterocycles. The first-order valence-corrected chi connectivity index (χ1v) is 8.38. The lowest BCUT2D eigenvalue weighted by molar-refractivity contribution is -0.133. The Bertz CT molecular complexity index is 944. The van der Waals surface area contributed by atoms with Crippen LogP contribution in [0.15, 0.2) is 42.5 Å². The predicted molar refractivity (Wildman–Crippen MR) is 104 cm³/mol. The van der Waals surface area contributed by atoms with Crippen LogP contribution in [0.2, 0.25) is 0 Å². The molecule has 29 heavy (non-hydrogen) atoms. The molecule has 0 unspecified atom stereocenters. The summed E-state index contributed by atoms with van der Waals surface area (Å²) in [5.41, 5.74) is 3.19. The van der Waals surface area contributed by atoms with E-state index in [9.17, 15) is 19.2 Å². The smallest absolute Gasteiger partial charge is 0.339 e. The molecule has 10 heteroatoms. The molecule has 152 valence electrons. The number of methoxy groups -OCH3 is 1. The van der Waals surface area contributed by atoms with Crippen molar-refractivity contribution in [2.75, 3.05) is 24.4 Å². The van der Waals surface area contributed by atoms with Gasteiger partial charge in [-0.15, -0.1) is 0 Å². The summed E-state index contributed by atoms with van der Waals surface area (Å²) < 4.78 is 9.89. The van der Waals surface area contributed by atoms with Crippen molar-refractivity contribution >= 4 is 35.1 Å². The third kappa shape index (κ3) is 5.78. The van der Waals surface area contributed by atoms with E-state index in [0.717, 1.165) is 0 Å². The highest BCUT2D eigenvalue weighted by atomic mass is 16.5. The fourth-order valence-electron chi connectivity index (χ4n) is 2.29. The van der Waals surface area contributed by atoms with Crippen molar-refractivity contribution in [1.29, 1.82) is 0 Å². The normalized spacial score (nSPS) is 9.90. The Balaban J connectivity index is 2.04. The number of para-hydroxylation sites is 1. The maximum atomic E-state index is 12.2. The standard InChI is InChI=1S/C19H20N4O6/c1-11-9-12(29-10-16(24)23-20)7-8-14(11)21-17(25)18(26)22-15-6-4-3-5-13(15)19(27)28-2/h3-9H,10,20H2,1-2H3,(H,21,25)(H,22,26)(H,23,24). The van der Waals surface area contributed by atoms with E-state index in [2.05, 4.69) is 15.4 Å². The second kappa shape index (κ2) is 9.85. The van der Waals surface area contributed by atoms with Gasteiger partial charge in [0, 0.05) is 5.69 Å². The Morgan fingerprint density at radius 2 is 1.62 bits per heavy atom. The zero-order valence-electron chi connectivity index (χ0n) is 15.8. The lowest BCUT2D eigenvalue weighted by Crippen LogP contribution is -2.34. The molecule has 0 radical (unpaired) electrons. The summed E-state index contributed by atoms with van der Waals surface area (Å²) in [7, 11) is 1.21. The molecule has 0 aliphatic rings. The molecular formula is C19H20N4O6. The number of hydrogen-bond donors (Lipinski definition) is 4. The maximum Gasteiger partial charge on any atom is 0.339 e. The third-order valence-electron chi connectivity index (χ3n) is 3.76. The van der Waals surface area contributed by atoms with Gasteiger partial charge >= 0.3 is 17.8 Å². The van der Waals surface area contributed by atoms with Gasteiger partial charge in [-0.05, 0) is 42.8 Å². The van der Waals surface area contributed by atoms with Crippen LogP contribution >= 0.6 is 0 Å². The third-order valence-corrected chi connectivity index (χ3v) is 3.76. The minimum Gasteiger partial charge on any atom is -0.484 e. The van der Waals surface area contributed by atoms with Crippen LogP contribution in [-0.4, -0.2) is 37.4 Å². The number of carbonyl (C=O) groups excluding carboxylic acids is 4. The molecule has 2 rings (SSSR count). The SMILES string of the molecule is COC(=O)c1ccccc1NC(=O)C(=O)Nc1ccc(OCC(=O)NN)cc1C. The van der Waals surface area contributed by atoms with Gasteiger partial charge in [-0.2, -0.15) is 0 Å². The van der Waals surface area contributed by atoms with Crippen LogP contribution in [0, 0.1) is 6.92 Å². The van der Waals surface area contributed by atoms with E-state index in [1.807, 2.05) is 5.43 Å². The van der Waals surface area contributed by atoms with Crippen LogP contribution in [0.1, 0.15) is 15.9 Å². The molecule has 0 spiro atoms. The van der Waals surface area contributed by atoms with Crippen molar-refractivity contribution in [1.82, 2.24) is 5.43 Å². The van der Waals surface area contributed by atoms with Crippen LogP contribution in [0.3, 0.4) is 0 Å². The van der Waals surface area contributed by atoms with E-state index in [-0.39, 0.29) is 17.9 Å². The van der Waals surface area contributed by atoms with Crippen molar-refractivity contribution in [3.63, 3.8) is 0 Å². The summed E-state index contributed by atoms with van der Waals surface area (Å²) in [5.74, 6) is 2.34. The van der Waals surface area contributed by atoms with Crippen LogP contribution < -0.4 is 26.6 Å². The van der Waals surface area contributed by atoms with Gasteiger partial charge in [0.2, 0.25) is 0 Å². The number of anilines is 2. The molecule has 0 saturated carbocycles. The molecule has 3 amide bonds. The number of esters is 1. The zero-order chi connectivity index (χ0) is 21.4. The quantitative estimate of drug-likeness (QED) is 0.184. The molecule has 2 aromatic rings. The fraction of sp³-hybridized carbons (Fsp3) is 0.158. The average Bonchev–Trinajstić information content (AvgIpc) is 2.73. The highest BCUT2D eigenvalue weighted by Crippen LogP contribution is 2.22. The zero-order valence-corrected chi connectivity index (χ0v) is 15.8. The number of ether oxygens (including phenoxy) is 2. The average molecular weight is 400 g/mol. The molecule has 0 saturated heterocycles. The lowest BCUT2D eigenvalue weighted by atomic mass is 10.1. The van der Waals surface area contributed by atoms with Gasteiger partial charge in [0.25, 0.3) is 5.91 Å². The number of hydrogen-bond acceptors (Lipinski definition) is 7. The first kappa shape index (κ1) is 21.4. The Kier molecular flexibility index (Phi) is 7.26. The van der Waals surface area contributed by atoms with Crippen molar-refractivity contribution in [3.05, 3.63) is 53.6 Å². The Hall–Kier alpha value is -3.92. The minimum absolute atomic E-state index is 0.121. The van der Waals surface area contributed by atoms with Crippen molar-refractivity contribution in [3.8, 4) is 5.75 Å². The van der Waals surface area contributed by atoms with E-state index < -0.39 is 23.7 Å². The van der Waals surface area contributed by atoms with Gasteiger partial charge in [-0.25, -0.2) is 10.6 Å². The molecule has 0 aromatic heterocycles. The Morgan fingerprint density at radius 3 is 2.24 bits per heavy atom. The summed E-state index contributed by atoms with van der Waals surface area (Å²) in [6.45, 7) is 1.43. The van der Waals surface area contributed by atoms with E-state index in [1.165, 1.54) is 31.4 Å². The summed E-state index contributed by atoms with van der Waals surface area (Å²) >= 11 is 0. The number of rotatable bonds is 6. The van der Waals surface area contributed by atoms with Gasteiger partial charge in [0.05, 0.1) is 18.4 Å². The topological polar surface area (TPSA) is 149 Å². The van der Waals surface area contributed by atoms with E-state index in [1.54, 1.807) is 25.1 Å². The molecule has 0 heterocycles. The number of nitrogens with one attached hydrogen (secondary N) is 3. The first-order chi connectivity index (χ1) is 13.8.